The first-order valence-corrected chi connectivity index (χ1v) is 8.56. The van der Waals surface area contributed by atoms with Crippen LogP contribution in [0.3, 0.4) is 0 Å². The lowest BCUT2D eigenvalue weighted by molar-refractivity contribution is -0.128. The van der Waals surface area contributed by atoms with Crippen LogP contribution in [0.2, 0.25) is 0 Å². The Morgan fingerprint density at radius 3 is 2.70 bits per heavy atom. The zero-order valence-corrected chi connectivity index (χ0v) is 13.8. The molecule has 0 spiro atoms. The highest BCUT2D eigenvalue weighted by molar-refractivity contribution is 8.00. The van der Waals surface area contributed by atoms with Crippen molar-refractivity contribution in [1.82, 2.24) is 4.90 Å². The molecule has 1 aliphatic heterocycles. The van der Waals surface area contributed by atoms with E-state index < -0.39 is 0 Å². The molecule has 1 amide bonds. The van der Waals surface area contributed by atoms with Crippen LogP contribution in [0.25, 0.3) is 0 Å². The van der Waals surface area contributed by atoms with Gasteiger partial charge in [-0.1, -0.05) is 30.3 Å². The van der Waals surface area contributed by atoms with E-state index in [1.165, 1.54) is 0 Å². The van der Waals surface area contributed by atoms with Crippen LogP contribution in [-0.2, 0) is 11.2 Å². The summed E-state index contributed by atoms with van der Waals surface area (Å²) in [6, 6.07) is 15.0. The van der Waals surface area contributed by atoms with Crippen molar-refractivity contribution in [1.29, 1.82) is 0 Å². The molecule has 2 aromatic rings. The quantitative estimate of drug-likeness (QED) is 0.915. The van der Waals surface area contributed by atoms with Crippen molar-refractivity contribution in [2.75, 3.05) is 19.4 Å². The summed E-state index contributed by atoms with van der Waals surface area (Å²) in [6.45, 7) is 0.652. The van der Waals surface area contributed by atoms with Crippen molar-refractivity contribution in [3.05, 3.63) is 59.7 Å². The Morgan fingerprint density at radius 2 is 1.96 bits per heavy atom. The monoisotopic (exact) mass is 329 g/mol. The minimum absolute atomic E-state index is 0.00392. The molecule has 1 aliphatic rings. The van der Waals surface area contributed by atoms with Crippen LogP contribution in [0, 0.1) is 0 Å². The molecule has 120 valence electrons. The average Bonchev–Trinajstić information content (AvgIpc) is 2.95. The van der Waals surface area contributed by atoms with Gasteiger partial charge in [0.25, 0.3) is 0 Å². The van der Waals surface area contributed by atoms with Crippen LogP contribution in [0.15, 0.2) is 48.5 Å². The molecule has 0 bridgehead atoms. The highest BCUT2D eigenvalue weighted by Crippen LogP contribution is 2.42. The van der Waals surface area contributed by atoms with Gasteiger partial charge >= 0.3 is 0 Å². The number of para-hydroxylation sites is 1. The third-order valence-electron chi connectivity index (χ3n) is 3.95. The second kappa shape index (κ2) is 6.96. The number of hydrogen-bond donors (Lipinski definition) is 1. The predicted octanol–water partition coefficient (Wildman–Crippen LogP) is 3.22. The van der Waals surface area contributed by atoms with Crippen molar-refractivity contribution in [3.63, 3.8) is 0 Å². The molecule has 0 radical (unpaired) electrons. The number of nitrogens with zero attached hydrogens (tertiary/aromatic N) is 1. The van der Waals surface area contributed by atoms with Crippen LogP contribution in [0.5, 0.6) is 11.5 Å². The zero-order valence-electron chi connectivity index (χ0n) is 12.9. The summed E-state index contributed by atoms with van der Waals surface area (Å²) in [6.07, 6.45) is 0.762. The number of rotatable bonds is 5. The maximum Gasteiger partial charge on any atom is 0.233 e. The second-order valence-electron chi connectivity index (χ2n) is 5.41. The molecule has 1 atom stereocenters. The fraction of sp³-hybridized carbons (Fsp3) is 0.278. The molecule has 0 saturated carbocycles. The maximum atomic E-state index is 12.3. The zero-order chi connectivity index (χ0) is 16.2. The van der Waals surface area contributed by atoms with Crippen LogP contribution >= 0.6 is 11.8 Å². The van der Waals surface area contributed by atoms with E-state index in [-0.39, 0.29) is 17.0 Å². The van der Waals surface area contributed by atoms with Gasteiger partial charge in [-0.2, -0.15) is 0 Å². The molecule has 0 aromatic heterocycles. The molecular weight excluding hydrogens is 310 g/mol. The summed E-state index contributed by atoms with van der Waals surface area (Å²) >= 11 is 1.64. The van der Waals surface area contributed by atoms with Gasteiger partial charge in [0.1, 0.15) is 16.9 Å². The summed E-state index contributed by atoms with van der Waals surface area (Å²) in [5.74, 6) is 1.73. The Kier molecular flexibility index (Phi) is 4.76. The van der Waals surface area contributed by atoms with Crippen LogP contribution in [0.1, 0.15) is 16.5 Å². The first-order valence-electron chi connectivity index (χ1n) is 7.51. The smallest absolute Gasteiger partial charge is 0.233 e. The van der Waals surface area contributed by atoms with E-state index in [9.17, 15) is 9.90 Å². The van der Waals surface area contributed by atoms with Gasteiger partial charge in [0.15, 0.2) is 0 Å². The number of benzene rings is 2. The Morgan fingerprint density at radius 1 is 1.22 bits per heavy atom. The van der Waals surface area contributed by atoms with Gasteiger partial charge in [0, 0.05) is 12.1 Å². The van der Waals surface area contributed by atoms with Gasteiger partial charge in [-0.3, -0.25) is 4.79 Å². The van der Waals surface area contributed by atoms with Crippen LogP contribution in [-0.4, -0.2) is 35.3 Å². The van der Waals surface area contributed by atoms with Crippen LogP contribution in [0.4, 0.5) is 0 Å². The highest BCUT2D eigenvalue weighted by Gasteiger charge is 2.33. The van der Waals surface area contributed by atoms with Crippen molar-refractivity contribution in [2.45, 2.75) is 11.8 Å². The first kappa shape index (κ1) is 15.7. The van der Waals surface area contributed by atoms with E-state index in [0.717, 1.165) is 23.3 Å². The lowest BCUT2D eigenvalue weighted by Gasteiger charge is -2.25. The van der Waals surface area contributed by atoms with Gasteiger partial charge in [-0.25, -0.2) is 0 Å². The third-order valence-corrected chi connectivity index (χ3v) is 5.19. The third kappa shape index (κ3) is 3.45. The maximum absolute atomic E-state index is 12.3. The number of amides is 1. The Labute approximate surface area is 140 Å². The minimum atomic E-state index is -0.00392. The number of ether oxygens (including phenoxy) is 1. The molecular formula is C18H19NO3S. The second-order valence-corrected chi connectivity index (χ2v) is 6.48. The molecule has 2 aromatic carbocycles. The average molecular weight is 329 g/mol. The fourth-order valence-corrected chi connectivity index (χ4v) is 3.98. The van der Waals surface area contributed by atoms with Crippen LogP contribution < -0.4 is 4.74 Å². The number of aromatic hydroxyl groups is 1. The molecule has 23 heavy (non-hydrogen) atoms. The Hall–Kier alpha value is -2.14. The fourth-order valence-electron chi connectivity index (χ4n) is 2.74. The van der Waals surface area contributed by atoms with Crippen molar-refractivity contribution in [3.8, 4) is 11.5 Å². The minimum Gasteiger partial charge on any atom is -0.508 e. The summed E-state index contributed by atoms with van der Waals surface area (Å²) in [4.78, 5) is 14.2. The van der Waals surface area contributed by atoms with Crippen molar-refractivity contribution in [2.24, 2.45) is 0 Å². The molecule has 1 fully saturated rings. The number of carbonyl (C=O) groups excluding carboxylic acids is 1. The van der Waals surface area contributed by atoms with Crippen molar-refractivity contribution < 1.29 is 14.6 Å². The Bertz CT molecular complexity index is 687. The topological polar surface area (TPSA) is 49.8 Å². The molecule has 1 unspecified atom stereocenters. The number of carbonyl (C=O) groups is 1. The number of phenols is 1. The van der Waals surface area contributed by atoms with E-state index in [2.05, 4.69) is 0 Å². The first-order chi connectivity index (χ1) is 11.2. The lowest BCUT2D eigenvalue weighted by Crippen LogP contribution is -2.30. The SMILES string of the molecule is COc1ccccc1C1SCC(=O)N1CCc1ccc(O)cc1. The summed E-state index contributed by atoms with van der Waals surface area (Å²) in [7, 11) is 1.65. The van der Waals surface area contributed by atoms with Gasteiger partial charge < -0.3 is 14.7 Å². The van der Waals surface area contributed by atoms with E-state index in [1.807, 2.05) is 41.3 Å². The summed E-state index contributed by atoms with van der Waals surface area (Å²) in [5, 5.41) is 9.34. The highest BCUT2D eigenvalue weighted by atomic mass is 32.2. The molecule has 3 rings (SSSR count). The largest absolute Gasteiger partial charge is 0.508 e. The summed E-state index contributed by atoms with van der Waals surface area (Å²) in [5.41, 5.74) is 2.14. The van der Waals surface area contributed by atoms with E-state index in [0.29, 0.717) is 12.3 Å². The molecule has 5 heteroatoms. The molecule has 1 heterocycles. The van der Waals surface area contributed by atoms with E-state index >= 15 is 0 Å². The number of phenolic OH excluding ortho intramolecular Hbond substituents is 1. The molecule has 1 N–H and O–H groups in total. The van der Waals surface area contributed by atoms with Gasteiger partial charge in [-0.05, 0) is 30.2 Å². The number of methoxy groups -OCH3 is 1. The van der Waals surface area contributed by atoms with Gasteiger partial charge in [0.05, 0.1) is 12.9 Å². The standard InChI is InChI=1S/C18H19NO3S/c1-22-16-5-3-2-4-15(16)18-19(17(21)12-23-18)11-10-13-6-8-14(20)9-7-13/h2-9,18,20H,10-12H2,1H3. The van der Waals surface area contributed by atoms with Crippen molar-refractivity contribution >= 4 is 17.7 Å². The molecule has 4 nitrogen and oxygen atoms in total. The predicted molar refractivity (Wildman–Crippen MR) is 91.7 cm³/mol. The molecule has 0 aliphatic carbocycles. The molecule has 1 saturated heterocycles. The normalized spacial score (nSPS) is 17.5. The number of hydrogen-bond acceptors (Lipinski definition) is 4. The van der Waals surface area contributed by atoms with E-state index in [1.54, 1.807) is 31.0 Å². The summed E-state index contributed by atoms with van der Waals surface area (Å²) < 4.78 is 5.44. The van der Waals surface area contributed by atoms with E-state index in [4.69, 9.17) is 4.74 Å². The van der Waals surface area contributed by atoms with Gasteiger partial charge in [-0.15, -0.1) is 11.8 Å². The Balaban J connectivity index is 1.76. The number of thioether (sulfide) groups is 1. The van der Waals surface area contributed by atoms with Gasteiger partial charge in [0.2, 0.25) is 5.91 Å². The lowest BCUT2D eigenvalue weighted by atomic mass is 10.1.